The van der Waals surface area contributed by atoms with Crippen molar-refractivity contribution < 1.29 is 19.2 Å². The number of thiazole rings is 1. The van der Waals surface area contributed by atoms with Crippen molar-refractivity contribution in [1.29, 1.82) is 0 Å². The van der Waals surface area contributed by atoms with E-state index in [4.69, 9.17) is 9.47 Å². The molecule has 0 N–H and O–H groups in total. The van der Waals surface area contributed by atoms with Crippen LogP contribution in [0.4, 0.5) is 11.4 Å². The molecule has 3 heterocycles. The lowest BCUT2D eigenvalue weighted by molar-refractivity contribution is -0.384. The molecular formula is C22H22N4O5S. The average molecular weight is 455 g/mol. The maximum absolute atomic E-state index is 13.0. The maximum atomic E-state index is 13.0. The molecule has 3 aromatic rings. The highest BCUT2D eigenvalue weighted by Gasteiger charge is 2.23. The number of carbonyl (C=O) groups excluding carboxylic acids is 1. The molecule has 0 radical (unpaired) electrons. The summed E-state index contributed by atoms with van der Waals surface area (Å²) in [5.41, 5.74) is 1.61. The van der Waals surface area contributed by atoms with E-state index in [9.17, 15) is 14.9 Å². The molecule has 2 aromatic carbocycles. The van der Waals surface area contributed by atoms with Crippen molar-refractivity contribution in [2.45, 2.75) is 32.7 Å². The monoisotopic (exact) mass is 454 g/mol. The van der Waals surface area contributed by atoms with E-state index in [1.165, 1.54) is 17.4 Å². The molecule has 0 aliphatic carbocycles. The number of nitro benzene ring substituents is 1. The van der Waals surface area contributed by atoms with Crippen LogP contribution in [0, 0.1) is 10.1 Å². The Morgan fingerprint density at radius 1 is 1.16 bits per heavy atom. The molecule has 2 aliphatic heterocycles. The number of carbonyl (C=O) groups is 1. The van der Waals surface area contributed by atoms with Gasteiger partial charge in [0.15, 0.2) is 16.3 Å². The number of anilines is 1. The van der Waals surface area contributed by atoms with Crippen LogP contribution in [0.1, 0.15) is 36.5 Å². The van der Waals surface area contributed by atoms with Crippen LogP contribution in [0.5, 0.6) is 11.5 Å². The van der Waals surface area contributed by atoms with Gasteiger partial charge in [-0.25, -0.2) is 0 Å². The number of benzene rings is 2. The van der Waals surface area contributed by atoms with Crippen LogP contribution in [-0.4, -0.2) is 35.3 Å². The fourth-order valence-electron chi connectivity index (χ4n) is 4.21. The molecule has 32 heavy (non-hydrogen) atoms. The largest absolute Gasteiger partial charge is 0.454 e. The standard InChI is InChI=1S/C22H22N4O5S/c1-2-25-17-11-18-19(31-13-30-18)12-20(17)32-22(25)23-21(27)14-6-7-15(16(10-14)26(28)29)24-8-4-3-5-9-24/h6-7,10-12H,2-5,8-9,13H2,1H3. The molecular weight excluding hydrogens is 432 g/mol. The van der Waals surface area contributed by atoms with Crippen LogP contribution in [0.15, 0.2) is 35.3 Å². The van der Waals surface area contributed by atoms with Crippen molar-refractivity contribution in [1.82, 2.24) is 4.57 Å². The van der Waals surface area contributed by atoms with Crippen LogP contribution in [-0.2, 0) is 6.54 Å². The van der Waals surface area contributed by atoms with E-state index in [-0.39, 0.29) is 18.0 Å². The van der Waals surface area contributed by atoms with Crippen LogP contribution in [0.2, 0.25) is 0 Å². The van der Waals surface area contributed by atoms with E-state index in [1.54, 1.807) is 12.1 Å². The molecule has 0 spiro atoms. The average Bonchev–Trinajstić information content (AvgIpc) is 3.40. The number of amides is 1. The van der Waals surface area contributed by atoms with Gasteiger partial charge in [-0.15, -0.1) is 0 Å². The molecule has 10 heteroatoms. The van der Waals surface area contributed by atoms with E-state index in [0.717, 1.165) is 42.6 Å². The van der Waals surface area contributed by atoms with Crippen molar-refractivity contribution in [3.63, 3.8) is 0 Å². The first-order valence-corrected chi connectivity index (χ1v) is 11.4. The number of nitrogens with zero attached hydrogens (tertiary/aromatic N) is 4. The summed E-state index contributed by atoms with van der Waals surface area (Å²) in [5.74, 6) is 0.829. The van der Waals surface area contributed by atoms with Gasteiger partial charge < -0.3 is 18.9 Å². The minimum absolute atomic E-state index is 0.0571. The van der Waals surface area contributed by atoms with Gasteiger partial charge in [-0.1, -0.05) is 11.3 Å². The summed E-state index contributed by atoms with van der Waals surface area (Å²) in [6, 6.07) is 8.41. The van der Waals surface area contributed by atoms with Gasteiger partial charge in [0.1, 0.15) is 5.69 Å². The third-order valence-corrected chi connectivity index (χ3v) is 6.85. The summed E-state index contributed by atoms with van der Waals surface area (Å²) in [5, 5.41) is 11.7. The Morgan fingerprint density at radius 2 is 1.91 bits per heavy atom. The number of piperidine rings is 1. The Morgan fingerprint density at radius 3 is 2.62 bits per heavy atom. The number of hydrogen-bond acceptors (Lipinski definition) is 7. The smallest absolute Gasteiger partial charge is 0.293 e. The molecule has 9 nitrogen and oxygen atoms in total. The van der Waals surface area contributed by atoms with Crippen LogP contribution in [0.3, 0.4) is 0 Å². The highest BCUT2D eigenvalue weighted by molar-refractivity contribution is 7.16. The quantitative estimate of drug-likeness (QED) is 0.435. The first-order chi connectivity index (χ1) is 15.5. The van der Waals surface area contributed by atoms with Crippen molar-refractivity contribution in [2.75, 3.05) is 24.8 Å². The first kappa shape index (κ1) is 20.5. The number of fused-ring (bicyclic) bond motifs is 2. The summed E-state index contributed by atoms with van der Waals surface area (Å²) in [6.07, 6.45) is 3.15. The van der Waals surface area contributed by atoms with Gasteiger partial charge in [0, 0.05) is 43.4 Å². The van der Waals surface area contributed by atoms with Gasteiger partial charge in [-0.05, 0) is 38.3 Å². The van der Waals surface area contributed by atoms with Gasteiger partial charge in [-0.3, -0.25) is 14.9 Å². The van der Waals surface area contributed by atoms with E-state index in [1.807, 2.05) is 28.5 Å². The normalized spacial score (nSPS) is 16.0. The van der Waals surface area contributed by atoms with Gasteiger partial charge >= 0.3 is 0 Å². The van der Waals surface area contributed by atoms with Crippen molar-refractivity contribution in [3.05, 3.63) is 50.8 Å². The lowest BCUT2D eigenvalue weighted by Crippen LogP contribution is -2.30. The Labute approximate surface area is 187 Å². The lowest BCUT2D eigenvalue weighted by atomic mass is 10.1. The maximum Gasteiger partial charge on any atom is 0.293 e. The zero-order valence-corrected chi connectivity index (χ0v) is 18.4. The predicted molar refractivity (Wildman–Crippen MR) is 121 cm³/mol. The molecule has 1 fully saturated rings. The Balaban J connectivity index is 1.53. The minimum Gasteiger partial charge on any atom is -0.454 e. The molecule has 5 rings (SSSR count). The number of aryl methyl sites for hydroxylation is 1. The topological polar surface area (TPSA) is 99.2 Å². The Hall–Kier alpha value is -3.40. The fourth-order valence-corrected chi connectivity index (χ4v) is 5.31. The fraction of sp³-hybridized carbons (Fsp3) is 0.364. The molecule has 1 saturated heterocycles. The summed E-state index contributed by atoms with van der Waals surface area (Å²) in [6.45, 7) is 4.35. The zero-order chi connectivity index (χ0) is 22.2. The number of hydrogen-bond donors (Lipinski definition) is 0. The SMILES string of the molecule is CCn1c(=NC(=O)c2ccc(N3CCCCC3)c([N+](=O)[O-])c2)sc2cc3c(cc21)OCO3. The van der Waals surface area contributed by atoms with E-state index in [0.29, 0.717) is 28.5 Å². The predicted octanol–water partition coefficient (Wildman–Crippen LogP) is 4.09. The highest BCUT2D eigenvalue weighted by Crippen LogP contribution is 2.37. The highest BCUT2D eigenvalue weighted by atomic mass is 32.1. The second-order valence-corrected chi connectivity index (χ2v) is 8.74. The Kier molecular flexibility index (Phi) is 5.30. The van der Waals surface area contributed by atoms with E-state index < -0.39 is 10.8 Å². The van der Waals surface area contributed by atoms with Crippen LogP contribution < -0.4 is 19.2 Å². The number of aromatic nitrogens is 1. The van der Waals surface area contributed by atoms with Crippen LogP contribution in [0.25, 0.3) is 10.2 Å². The van der Waals surface area contributed by atoms with Crippen LogP contribution >= 0.6 is 11.3 Å². The van der Waals surface area contributed by atoms with Gasteiger partial charge in [-0.2, -0.15) is 4.99 Å². The summed E-state index contributed by atoms with van der Waals surface area (Å²) < 4.78 is 13.8. The molecule has 1 aromatic heterocycles. The molecule has 1 amide bonds. The molecule has 0 saturated carbocycles. The van der Waals surface area contributed by atoms with Crippen molar-refractivity contribution in [2.24, 2.45) is 4.99 Å². The van der Waals surface area contributed by atoms with Gasteiger partial charge in [0.05, 0.1) is 15.1 Å². The van der Waals surface area contributed by atoms with Gasteiger partial charge in [0.25, 0.3) is 11.6 Å². The minimum atomic E-state index is -0.507. The number of ether oxygens (including phenoxy) is 2. The molecule has 166 valence electrons. The summed E-state index contributed by atoms with van der Waals surface area (Å²) in [7, 11) is 0. The number of nitro groups is 1. The number of rotatable bonds is 4. The molecule has 2 aliphatic rings. The second-order valence-electron chi connectivity index (χ2n) is 7.73. The molecule has 0 atom stereocenters. The molecule has 0 unspecified atom stereocenters. The first-order valence-electron chi connectivity index (χ1n) is 10.6. The van der Waals surface area contributed by atoms with Crippen molar-refractivity contribution in [3.8, 4) is 11.5 Å². The van der Waals surface area contributed by atoms with Gasteiger partial charge in [0.2, 0.25) is 6.79 Å². The third kappa shape index (κ3) is 3.60. The van der Waals surface area contributed by atoms with Crippen molar-refractivity contribution >= 4 is 38.8 Å². The van der Waals surface area contributed by atoms with E-state index in [2.05, 4.69) is 4.99 Å². The lowest BCUT2D eigenvalue weighted by Gasteiger charge is -2.28. The zero-order valence-electron chi connectivity index (χ0n) is 17.6. The third-order valence-electron chi connectivity index (χ3n) is 5.81. The van der Waals surface area contributed by atoms with E-state index >= 15 is 0 Å². The summed E-state index contributed by atoms with van der Waals surface area (Å²) >= 11 is 1.37. The Bertz CT molecular complexity index is 1290. The second kappa shape index (κ2) is 8.27. The summed E-state index contributed by atoms with van der Waals surface area (Å²) in [4.78, 5) is 31.1. The molecule has 0 bridgehead atoms.